The lowest BCUT2D eigenvalue weighted by atomic mass is 9.99. The number of carbonyl (C=O) groups is 2. The van der Waals surface area contributed by atoms with Crippen LogP contribution in [0.25, 0.3) is 0 Å². The van der Waals surface area contributed by atoms with E-state index >= 15 is 0 Å². The fourth-order valence-corrected chi connectivity index (χ4v) is 6.22. The Labute approximate surface area is 180 Å². The number of carbonyl (C=O) groups excluding carboxylic acids is 2. The summed E-state index contributed by atoms with van der Waals surface area (Å²) in [7, 11) is -3.61. The van der Waals surface area contributed by atoms with Gasteiger partial charge in [-0.05, 0) is 50.1 Å². The zero-order valence-corrected chi connectivity index (χ0v) is 18.2. The minimum Gasteiger partial charge on any atom is -0.347 e. The van der Waals surface area contributed by atoms with Gasteiger partial charge in [0.15, 0.2) is 0 Å². The molecule has 158 valence electrons. The van der Waals surface area contributed by atoms with E-state index in [4.69, 9.17) is 6.42 Å². The van der Waals surface area contributed by atoms with E-state index in [0.717, 1.165) is 4.88 Å². The van der Waals surface area contributed by atoms with Crippen LogP contribution >= 0.6 is 11.3 Å². The Bertz CT molecular complexity index is 1090. The number of benzene rings is 1. The first-order valence-electron chi connectivity index (χ1n) is 9.50. The molecule has 2 amide bonds. The average molecular weight is 446 g/mol. The second-order valence-electron chi connectivity index (χ2n) is 7.06. The number of thiophene rings is 1. The van der Waals surface area contributed by atoms with Crippen LogP contribution in [0.3, 0.4) is 0 Å². The minimum absolute atomic E-state index is 0.108. The molecule has 2 N–H and O–H groups in total. The molecular weight excluding hydrogens is 422 g/mol. The third-order valence-corrected chi connectivity index (χ3v) is 8.13. The van der Waals surface area contributed by atoms with Crippen molar-refractivity contribution in [2.75, 3.05) is 25.0 Å². The Balaban J connectivity index is 1.55. The molecule has 0 aliphatic carbocycles. The van der Waals surface area contributed by atoms with Crippen LogP contribution in [0.5, 0.6) is 0 Å². The summed E-state index contributed by atoms with van der Waals surface area (Å²) in [6, 6.07) is 10.2. The van der Waals surface area contributed by atoms with Crippen molar-refractivity contribution in [2.24, 2.45) is 5.92 Å². The maximum absolute atomic E-state index is 12.8. The number of aryl methyl sites for hydroxylation is 1. The predicted molar refractivity (Wildman–Crippen MR) is 117 cm³/mol. The van der Waals surface area contributed by atoms with E-state index in [0.29, 0.717) is 30.6 Å². The van der Waals surface area contributed by atoms with Crippen molar-refractivity contribution in [1.29, 1.82) is 0 Å². The minimum atomic E-state index is -3.61. The first-order chi connectivity index (χ1) is 14.3. The Kier molecular flexibility index (Phi) is 6.92. The molecule has 2 aromatic rings. The van der Waals surface area contributed by atoms with Gasteiger partial charge in [-0.3, -0.25) is 9.59 Å². The lowest BCUT2D eigenvalue weighted by Gasteiger charge is -2.30. The standard InChI is InChI=1S/C21H23N3O4S2/c1-3-16-6-4-8-18(12-16)23-19(25)13-22-21(26)17-7-5-11-24(14-17)30(27,28)20-10-9-15(2)29-20/h1,4,6,8-10,12,17H,5,7,11,13-14H2,2H3,(H,22,26)(H,23,25). The molecule has 1 fully saturated rings. The van der Waals surface area contributed by atoms with E-state index in [9.17, 15) is 18.0 Å². The van der Waals surface area contributed by atoms with E-state index in [-0.39, 0.29) is 29.1 Å². The van der Waals surface area contributed by atoms with Crippen molar-refractivity contribution in [2.45, 2.75) is 24.0 Å². The Morgan fingerprint density at radius 2 is 2.10 bits per heavy atom. The van der Waals surface area contributed by atoms with E-state index in [1.54, 1.807) is 36.4 Å². The second kappa shape index (κ2) is 9.43. The number of amides is 2. The molecule has 0 bridgehead atoms. The predicted octanol–water partition coefficient (Wildman–Crippen LogP) is 2.19. The normalized spacial score (nSPS) is 17.1. The van der Waals surface area contributed by atoms with Gasteiger partial charge in [0.25, 0.3) is 10.0 Å². The number of sulfonamides is 1. The maximum atomic E-state index is 12.8. The lowest BCUT2D eigenvalue weighted by Crippen LogP contribution is -2.46. The maximum Gasteiger partial charge on any atom is 0.252 e. The summed E-state index contributed by atoms with van der Waals surface area (Å²) in [5.41, 5.74) is 1.19. The highest BCUT2D eigenvalue weighted by molar-refractivity contribution is 7.91. The fourth-order valence-electron chi connectivity index (χ4n) is 3.26. The van der Waals surface area contributed by atoms with E-state index in [1.807, 2.05) is 6.92 Å². The number of rotatable bonds is 6. The summed E-state index contributed by atoms with van der Waals surface area (Å²) < 4.78 is 27.3. The molecule has 30 heavy (non-hydrogen) atoms. The molecule has 1 unspecified atom stereocenters. The number of piperidine rings is 1. The quantitative estimate of drug-likeness (QED) is 0.667. The van der Waals surface area contributed by atoms with Crippen LogP contribution in [0.4, 0.5) is 5.69 Å². The Hall–Kier alpha value is -2.67. The number of hydrogen-bond acceptors (Lipinski definition) is 5. The molecule has 1 aromatic carbocycles. The molecule has 1 saturated heterocycles. The van der Waals surface area contributed by atoms with Crippen LogP contribution in [0, 0.1) is 25.2 Å². The molecular formula is C21H23N3O4S2. The van der Waals surface area contributed by atoms with Gasteiger partial charge in [0.2, 0.25) is 11.8 Å². The Morgan fingerprint density at radius 1 is 1.30 bits per heavy atom. The summed E-state index contributed by atoms with van der Waals surface area (Å²) >= 11 is 1.22. The van der Waals surface area contributed by atoms with Gasteiger partial charge in [-0.1, -0.05) is 12.0 Å². The van der Waals surface area contributed by atoms with Gasteiger partial charge >= 0.3 is 0 Å². The SMILES string of the molecule is C#Cc1cccc(NC(=O)CNC(=O)C2CCCN(S(=O)(=O)c3ccc(C)s3)C2)c1. The number of nitrogens with one attached hydrogen (secondary N) is 2. The monoisotopic (exact) mass is 445 g/mol. The van der Waals surface area contributed by atoms with Crippen LogP contribution in [-0.4, -0.2) is 44.2 Å². The zero-order chi connectivity index (χ0) is 21.7. The van der Waals surface area contributed by atoms with Crippen molar-refractivity contribution >= 4 is 38.9 Å². The first-order valence-corrected chi connectivity index (χ1v) is 11.8. The first kappa shape index (κ1) is 22.0. The molecule has 1 aliphatic heterocycles. The topological polar surface area (TPSA) is 95.6 Å². The van der Waals surface area contributed by atoms with Crippen molar-refractivity contribution in [1.82, 2.24) is 9.62 Å². The van der Waals surface area contributed by atoms with Crippen molar-refractivity contribution < 1.29 is 18.0 Å². The highest BCUT2D eigenvalue weighted by atomic mass is 32.2. The smallest absolute Gasteiger partial charge is 0.252 e. The highest BCUT2D eigenvalue weighted by Crippen LogP contribution is 2.28. The van der Waals surface area contributed by atoms with Crippen molar-refractivity contribution in [3.05, 3.63) is 46.8 Å². The van der Waals surface area contributed by atoms with Crippen molar-refractivity contribution in [3.8, 4) is 12.3 Å². The summed E-state index contributed by atoms with van der Waals surface area (Å²) in [6.45, 7) is 2.14. The van der Waals surface area contributed by atoms with Crippen LogP contribution < -0.4 is 10.6 Å². The molecule has 1 aromatic heterocycles. The summed E-state index contributed by atoms with van der Waals surface area (Å²) in [5, 5.41) is 5.28. The van der Waals surface area contributed by atoms with Crippen LogP contribution in [0.2, 0.25) is 0 Å². The second-order valence-corrected chi connectivity index (χ2v) is 10.5. The molecule has 3 rings (SSSR count). The summed E-state index contributed by atoms with van der Waals surface area (Å²) in [5.74, 6) is 1.28. The molecule has 0 saturated carbocycles. The van der Waals surface area contributed by atoms with Crippen LogP contribution in [-0.2, 0) is 19.6 Å². The molecule has 7 nitrogen and oxygen atoms in total. The Morgan fingerprint density at radius 3 is 2.80 bits per heavy atom. The molecule has 1 atom stereocenters. The van der Waals surface area contributed by atoms with E-state index in [1.165, 1.54) is 15.6 Å². The lowest BCUT2D eigenvalue weighted by molar-refractivity contribution is -0.128. The summed E-state index contributed by atoms with van der Waals surface area (Å²) in [6.07, 6.45) is 6.51. The largest absolute Gasteiger partial charge is 0.347 e. The van der Waals surface area contributed by atoms with Gasteiger partial charge in [0.1, 0.15) is 4.21 Å². The third kappa shape index (κ3) is 5.27. The van der Waals surface area contributed by atoms with E-state index < -0.39 is 15.9 Å². The van der Waals surface area contributed by atoms with Gasteiger partial charge in [0, 0.05) is 29.2 Å². The zero-order valence-electron chi connectivity index (χ0n) is 16.6. The number of anilines is 1. The number of hydrogen-bond donors (Lipinski definition) is 2. The molecule has 0 radical (unpaired) electrons. The van der Waals surface area contributed by atoms with Gasteiger partial charge in [0.05, 0.1) is 12.5 Å². The van der Waals surface area contributed by atoms with Gasteiger partial charge in [-0.2, -0.15) is 4.31 Å². The highest BCUT2D eigenvalue weighted by Gasteiger charge is 2.34. The third-order valence-electron chi connectivity index (χ3n) is 4.80. The van der Waals surface area contributed by atoms with Crippen molar-refractivity contribution in [3.63, 3.8) is 0 Å². The summed E-state index contributed by atoms with van der Waals surface area (Å²) in [4.78, 5) is 25.6. The molecule has 9 heteroatoms. The van der Waals surface area contributed by atoms with Gasteiger partial charge < -0.3 is 10.6 Å². The molecule has 1 aliphatic rings. The van der Waals surface area contributed by atoms with E-state index in [2.05, 4.69) is 16.6 Å². The average Bonchev–Trinajstić information content (AvgIpc) is 3.19. The number of terminal acetylenes is 1. The van der Waals surface area contributed by atoms with Crippen LogP contribution in [0.15, 0.2) is 40.6 Å². The fraction of sp³-hybridized carbons (Fsp3) is 0.333. The van der Waals surface area contributed by atoms with Gasteiger partial charge in [-0.15, -0.1) is 17.8 Å². The van der Waals surface area contributed by atoms with Crippen LogP contribution in [0.1, 0.15) is 23.3 Å². The molecule has 0 spiro atoms. The molecule has 2 heterocycles. The number of nitrogens with zero attached hydrogens (tertiary/aromatic N) is 1. The van der Waals surface area contributed by atoms with Gasteiger partial charge in [-0.25, -0.2) is 8.42 Å².